The van der Waals surface area contributed by atoms with E-state index in [1.165, 1.54) is 12.3 Å². The summed E-state index contributed by atoms with van der Waals surface area (Å²) < 4.78 is 0. The van der Waals surface area contributed by atoms with Crippen molar-refractivity contribution in [2.24, 2.45) is 4.99 Å². The molecule has 0 saturated carbocycles. The second kappa shape index (κ2) is 5.90. The topological polar surface area (TPSA) is 78.6 Å². The lowest BCUT2D eigenvalue weighted by Gasteiger charge is -2.10. The average molecular weight is 310 g/mol. The highest BCUT2D eigenvalue weighted by Gasteiger charge is 2.11. The maximum atomic E-state index is 11.8. The first kappa shape index (κ1) is 14.3. The number of rotatable bonds is 3. The van der Waals surface area contributed by atoms with Gasteiger partial charge in [0.1, 0.15) is 0 Å². The molecule has 0 amide bonds. The Kier molecular flexibility index (Phi) is 4.22. The third-order valence-electron chi connectivity index (χ3n) is 2.42. The average Bonchev–Trinajstić information content (AvgIpc) is 2.39. The van der Waals surface area contributed by atoms with E-state index < -0.39 is 16.4 Å². The molecule has 0 aliphatic carbocycles. The second-order valence-electron chi connectivity index (χ2n) is 3.84. The number of benzene rings is 2. The molecular weight excluding hydrogens is 303 g/mol. The molecule has 2 rings (SSSR count). The second-order valence-corrected chi connectivity index (χ2v) is 4.71. The minimum absolute atomic E-state index is 0.0455. The molecule has 0 heterocycles. The Bertz CT molecular complexity index is 702. The Morgan fingerprint density at radius 1 is 1.15 bits per heavy atom. The Hall–Kier alpha value is -2.11. The lowest BCUT2D eigenvalue weighted by molar-refractivity contribution is -0.398. The molecule has 0 aromatic heterocycles. The van der Waals surface area contributed by atoms with Gasteiger partial charge >= 0.3 is 0 Å². The van der Waals surface area contributed by atoms with Crippen molar-refractivity contribution in [3.05, 3.63) is 62.1 Å². The van der Waals surface area contributed by atoms with Crippen LogP contribution in [-0.4, -0.2) is 11.1 Å². The number of nitrogens with zero attached hydrogens (tertiary/aromatic N) is 2. The predicted molar refractivity (Wildman–Crippen MR) is 76.3 cm³/mol. The molecule has 2 aromatic carbocycles. The number of hydrogen-bond acceptors (Lipinski definition) is 4. The zero-order valence-electron chi connectivity index (χ0n) is 9.92. The van der Waals surface area contributed by atoms with Crippen molar-refractivity contribution in [2.45, 2.75) is 0 Å². The van der Waals surface area contributed by atoms with Crippen LogP contribution in [0.25, 0.3) is 0 Å². The zero-order valence-corrected chi connectivity index (χ0v) is 11.4. The molecular formula is C13H7Cl2N2O3-. The molecule has 0 bridgehead atoms. The molecule has 0 atom stereocenters. The lowest BCUT2D eigenvalue weighted by Crippen LogP contribution is -2.02. The van der Waals surface area contributed by atoms with Crippen LogP contribution in [0.4, 0.5) is 11.4 Å². The highest BCUT2D eigenvalue weighted by Crippen LogP contribution is 2.30. The van der Waals surface area contributed by atoms with E-state index in [9.17, 15) is 15.2 Å². The van der Waals surface area contributed by atoms with Gasteiger partial charge in [0.15, 0.2) is 0 Å². The van der Waals surface area contributed by atoms with Gasteiger partial charge in [-0.05, 0) is 35.6 Å². The first-order chi connectivity index (χ1) is 9.47. The van der Waals surface area contributed by atoms with Gasteiger partial charge in [0.05, 0.1) is 10.6 Å². The summed E-state index contributed by atoms with van der Waals surface area (Å²) in [7, 11) is 0. The predicted octanol–water partition coefficient (Wildman–Crippen LogP) is 3.73. The van der Waals surface area contributed by atoms with Crippen LogP contribution >= 0.6 is 23.2 Å². The van der Waals surface area contributed by atoms with Gasteiger partial charge in [0.25, 0.3) is 5.69 Å². The van der Waals surface area contributed by atoms with Crippen molar-refractivity contribution >= 4 is 40.8 Å². The first-order valence-electron chi connectivity index (χ1n) is 5.42. The van der Waals surface area contributed by atoms with Crippen LogP contribution < -0.4 is 5.11 Å². The van der Waals surface area contributed by atoms with Crippen LogP contribution in [0.1, 0.15) is 5.56 Å². The van der Waals surface area contributed by atoms with Gasteiger partial charge in [-0.1, -0.05) is 29.3 Å². The van der Waals surface area contributed by atoms with Crippen LogP contribution in [0.15, 0.2) is 41.4 Å². The molecule has 20 heavy (non-hydrogen) atoms. The molecule has 0 N–H and O–H groups in total. The molecule has 0 saturated heterocycles. The van der Waals surface area contributed by atoms with Crippen LogP contribution in [0.3, 0.4) is 0 Å². The first-order valence-corrected chi connectivity index (χ1v) is 6.17. The van der Waals surface area contributed by atoms with Gasteiger partial charge in [-0.3, -0.25) is 15.1 Å². The van der Waals surface area contributed by atoms with E-state index in [4.69, 9.17) is 23.2 Å². The molecule has 0 radical (unpaired) electrons. The van der Waals surface area contributed by atoms with Crippen LogP contribution in [0.5, 0.6) is 5.75 Å². The highest BCUT2D eigenvalue weighted by atomic mass is 35.5. The lowest BCUT2D eigenvalue weighted by atomic mass is 10.2. The minimum Gasteiger partial charge on any atom is -0.867 e. The van der Waals surface area contributed by atoms with Gasteiger partial charge in [-0.15, -0.1) is 0 Å². The molecule has 2 aromatic rings. The van der Waals surface area contributed by atoms with Crippen molar-refractivity contribution in [1.29, 1.82) is 0 Å². The molecule has 0 aliphatic rings. The normalized spacial score (nSPS) is 10.9. The summed E-state index contributed by atoms with van der Waals surface area (Å²) in [4.78, 5) is 14.0. The van der Waals surface area contributed by atoms with E-state index in [-0.39, 0.29) is 10.6 Å². The van der Waals surface area contributed by atoms with Crippen molar-refractivity contribution < 1.29 is 10.0 Å². The maximum absolute atomic E-state index is 11.8. The van der Waals surface area contributed by atoms with E-state index in [1.807, 2.05) is 0 Å². The molecule has 7 heteroatoms. The van der Waals surface area contributed by atoms with Gasteiger partial charge in [-0.25, -0.2) is 0 Å². The number of nitro groups is 1. The van der Waals surface area contributed by atoms with Crippen molar-refractivity contribution in [3.8, 4) is 5.75 Å². The van der Waals surface area contributed by atoms with Crippen LogP contribution in [-0.2, 0) is 0 Å². The fraction of sp³-hybridized carbons (Fsp3) is 0. The van der Waals surface area contributed by atoms with Crippen molar-refractivity contribution in [1.82, 2.24) is 0 Å². The smallest absolute Gasteiger partial charge is 0.263 e. The van der Waals surface area contributed by atoms with E-state index in [2.05, 4.69) is 4.99 Å². The molecule has 0 aliphatic heterocycles. The number of nitro benzene ring substituents is 1. The van der Waals surface area contributed by atoms with Crippen LogP contribution in [0, 0.1) is 10.1 Å². The molecule has 102 valence electrons. The summed E-state index contributed by atoms with van der Waals surface area (Å²) in [5, 5.41) is 23.2. The number of hydrogen-bond donors (Lipinski definition) is 0. The van der Waals surface area contributed by atoms with Gasteiger partial charge in [0, 0.05) is 22.3 Å². The van der Waals surface area contributed by atoms with Crippen molar-refractivity contribution in [2.75, 3.05) is 0 Å². The summed E-state index contributed by atoms with van der Waals surface area (Å²) in [6, 6.07) is 9.01. The quantitative estimate of drug-likeness (QED) is 0.492. The third-order valence-corrected chi connectivity index (χ3v) is 2.87. The summed E-state index contributed by atoms with van der Waals surface area (Å²) >= 11 is 11.6. The maximum Gasteiger partial charge on any atom is 0.263 e. The van der Waals surface area contributed by atoms with Gasteiger partial charge in [0.2, 0.25) is 0 Å². The fourth-order valence-electron chi connectivity index (χ4n) is 1.53. The Morgan fingerprint density at radius 3 is 2.55 bits per heavy atom. The minimum atomic E-state index is -0.773. The van der Waals surface area contributed by atoms with Gasteiger partial charge < -0.3 is 5.11 Å². The SMILES string of the molecule is O=[N+]([O-])c1cc(Cl)cc(C=Nc2cccc(Cl)c2)c1[O-]. The monoisotopic (exact) mass is 309 g/mol. The largest absolute Gasteiger partial charge is 0.867 e. The summed E-state index contributed by atoms with van der Waals surface area (Å²) in [5.41, 5.74) is -0.00579. The van der Waals surface area contributed by atoms with E-state index in [0.717, 1.165) is 6.07 Å². The summed E-state index contributed by atoms with van der Waals surface area (Å²) in [6.45, 7) is 0. The molecule has 0 fully saturated rings. The summed E-state index contributed by atoms with van der Waals surface area (Å²) in [5.74, 6) is -0.731. The Morgan fingerprint density at radius 2 is 1.90 bits per heavy atom. The summed E-state index contributed by atoms with van der Waals surface area (Å²) in [6.07, 6.45) is 1.23. The van der Waals surface area contributed by atoms with E-state index >= 15 is 0 Å². The van der Waals surface area contributed by atoms with Gasteiger partial charge in [-0.2, -0.15) is 0 Å². The van der Waals surface area contributed by atoms with Crippen LogP contribution in [0.2, 0.25) is 10.0 Å². The fourth-order valence-corrected chi connectivity index (χ4v) is 1.94. The van der Waals surface area contributed by atoms with E-state index in [0.29, 0.717) is 10.7 Å². The Labute approximate surface area is 124 Å². The standard InChI is InChI=1S/C13H8Cl2N2O3/c14-9-2-1-3-11(5-9)16-7-8-4-10(15)6-12(13(8)18)17(19)20/h1-7,18H/p-1. The Balaban J connectivity index is 2.41. The number of aliphatic imine (C=N–C) groups is 1. The van der Waals surface area contributed by atoms with E-state index in [1.54, 1.807) is 24.3 Å². The highest BCUT2D eigenvalue weighted by molar-refractivity contribution is 6.31. The molecule has 0 unspecified atom stereocenters. The zero-order chi connectivity index (χ0) is 14.7. The third kappa shape index (κ3) is 3.26. The number of halogens is 2. The molecule has 0 spiro atoms. The van der Waals surface area contributed by atoms with Crippen molar-refractivity contribution in [3.63, 3.8) is 0 Å². The molecule has 5 nitrogen and oxygen atoms in total.